The van der Waals surface area contributed by atoms with Crippen molar-refractivity contribution >= 4 is 28.9 Å². The molecule has 0 atom stereocenters. The van der Waals surface area contributed by atoms with Crippen LogP contribution >= 0.6 is 11.6 Å². The van der Waals surface area contributed by atoms with E-state index in [9.17, 15) is 14.7 Å². The van der Waals surface area contributed by atoms with Gasteiger partial charge in [-0.05, 0) is 43.2 Å². The van der Waals surface area contributed by atoms with Crippen molar-refractivity contribution in [1.29, 1.82) is 0 Å². The Morgan fingerprint density at radius 2 is 2.00 bits per heavy atom. The number of carbonyl (C=O) groups excluding carboxylic acids is 1. The number of carbonyl (C=O) groups is 1. The van der Waals surface area contributed by atoms with Crippen molar-refractivity contribution in [2.75, 3.05) is 11.9 Å². The lowest BCUT2D eigenvalue weighted by Gasteiger charge is -2.32. The molecule has 0 unspecified atom stereocenters. The average Bonchev–Trinajstić information content (AvgIpc) is 2.66. The van der Waals surface area contributed by atoms with Crippen molar-refractivity contribution < 1.29 is 9.90 Å². The predicted octanol–water partition coefficient (Wildman–Crippen LogP) is 3.21. The minimum Gasteiger partial charge on any atom is -0.388 e. The molecule has 1 heterocycles. The first kappa shape index (κ1) is 19.5. The number of anilines is 2. The van der Waals surface area contributed by atoms with Crippen LogP contribution in [0.4, 0.5) is 11.4 Å². The van der Waals surface area contributed by atoms with Gasteiger partial charge in [0.25, 0.3) is 11.5 Å². The van der Waals surface area contributed by atoms with Crippen molar-refractivity contribution in [2.45, 2.75) is 37.7 Å². The summed E-state index contributed by atoms with van der Waals surface area (Å²) in [5, 5.41) is 16.7. The van der Waals surface area contributed by atoms with E-state index in [1.807, 2.05) is 0 Å². The number of rotatable bonds is 5. The van der Waals surface area contributed by atoms with E-state index in [1.54, 1.807) is 43.6 Å². The molecule has 1 amide bonds. The molecule has 27 heavy (non-hydrogen) atoms. The van der Waals surface area contributed by atoms with Crippen LogP contribution in [0.25, 0.3) is 0 Å². The highest BCUT2D eigenvalue weighted by Crippen LogP contribution is 2.28. The molecule has 144 valence electrons. The fourth-order valence-corrected chi connectivity index (χ4v) is 3.56. The number of hydrogen-bond donors (Lipinski definition) is 3. The number of benzene rings is 1. The molecule has 1 saturated carbocycles. The fourth-order valence-electron chi connectivity index (χ4n) is 3.35. The molecule has 1 aliphatic carbocycles. The molecule has 0 bridgehead atoms. The molecule has 3 N–H and O–H groups in total. The van der Waals surface area contributed by atoms with Crippen molar-refractivity contribution in [3.63, 3.8) is 0 Å². The van der Waals surface area contributed by atoms with Crippen LogP contribution in [0.1, 0.15) is 42.5 Å². The first-order valence-electron chi connectivity index (χ1n) is 9.11. The molecular weight excluding hydrogens is 366 g/mol. The van der Waals surface area contributed by atoms with Crippen molar-refractivity contribution in [3.05, 3.63) is 57.5 Å². The van der Waals surface area contributed by atoms with E-state index in [-0.39, 0.29) is 18.0 Å². The fraction of sp³-hybridized carbons (Fsp3) is 0.400. The lowest BCUT2D eigenvalue weighted by molar-refractivity contribution is 0.00526. The second kappa shape index (κ2) is 8.15. The summed E-state index contributed by atoms with van der Waals surface area (Å²) >= 11 is 6.19. The number of aliphatic hydroxyl groups is 1. The largest absolute Gasteiger partial charge is 0.388 e. The number of aromatic nitrogens is 1. The highest BCUT2D eigenvalue weighted by Gasteiger charge is 2.29. The lowest BCUT2D eigenvalue weighted by atomic mass is 9.85. The van der Waals surface area contributed by atoms with Gasteiger partial charge in [0, 0.05) is 25.5 Å². The zero-order valence-corrected chi connectivity index (χ0v) is 16.1. The Kier molecular flexibility index (Phi) is 5.87. The van der Waals surface area contributed by atoms with E-state index in [4.69, 9.17) is 11.6 Å². The van der Waals surface area contributed by atoms with Gasteiger partial charge in [0.2, 0.25) is 0 Å². The molecular formula is C20H24ClN3O3. The zero-order valence-electron chi connectivity index (χ0n) is 15.3. The second-order valence-corrected chi connectivity index (χ2v) is 7.53. The molecule has 3 rings (SSSR count). The average molecular weight is 390 g/mol. The number of aryl methyl sites for hydroxylation is 1. The van der Waals surface area contributed by atoms with Gasteiger partial charge in [-0.15, -0.1) is 0 Å². The molecule has 1 fully saturated rings. The van der Waals surface area contributed by atoms with E-state index in [2.05, 4.69) is 10.6 Å². The predicted molar refractivity (Wildman–Crippen MR) is 107 cm³/mol. The maximum atomic E-state index is 12.6. The number of hydrogen-bond acceptors (Lipinski definition) is 4. The van der Waals surface area contributed by atoms with Crippen LogP contribution in [0.3, 0.4) is 0 Å². The first-order valence-corrected chi connectivity index (χ1v) is 9.49. The standard InChI is InChI=1S/C20H24ClN3O3/c1-24-11-5-6-17(19(24)26)23-14-7-8-16(21)15(12-14)18(25)22-13-20(27)9-3-2-4-10-20/h5-8,11-12,23,27H,2-4,9-10,13H2,1H3,(H,22,25). The quantitative estimate of drug-likeness (QED) is 0.733. The van der Waals surface area contributed by atoms with Gasteiger partial charge in [-0.2, -0.15) is 0 Å². The van der Waals surface area contributed by atoms with E-state index in [0.717, 1.165) is 19.3 Å². The summed E-state index contributed by atoms with van der Waals surface area (Å²) in [5.41, 5.74) is 0.285. The lowest BCUT2D eigenvalue weighted by Crippen LogP contribution is -2.44. The maximum Gasteiger partial charge on any atom is 0.273 e. The Morgan fingerprint density at radius 3 is 2.74 bits per heavy atom. The highest BCUT2D eigenvalue weighted by atomic mass is 35.5. The minimum absolute atomic E-state index is 0.169. The number of halogens is 1. The molecule has 0 saturated heterocycles. The van der Waals surface area contributed by atoms with Crippen LogP contribution in [-0.4, -0.2) is 27.7 Å². The molecule has 0 radical (unpaired) electrons. The summed E-state index contributed by atoms with van der Waals surface area (Å²) < 4.78 is 1.47. The summed E-state index contributed by atoms with van der Waals surface area (Å²) in [7, 11) is 1.67. The van der Waals surface area contributed by atoms with Crippen LogP contribution in [0.5, 0.6) is 0 Å². The van der Waals surface area contributed by atoms with Crippen molar-refractivity contribution in [3.8, 4) is 0 Å². The molecule has 1 aromatic heterocycles. The van der Waals surface area contributed by atoms with Gasteiger partial charge in [0.05, 0.1) is 16.2 Å². The van der Waals surface area contributed by atoms with Crippen LogP contribution in [0, 0.1) is 0 Å². The summed E-state index contributed by atoms with van der Waals surface area (Å²) in [6.07, 6.45) is 6.12. The van der Waals surface area contributed by atoms with Crippen molar-refractivity contribution in [2.24, 2.45) is 7.05 Å². The van der Waals surface area contributed by atoms with Gasteiger partial charge in [-0.3, -0.25) is 9.59 Å². The van der Waals surface area contributed by atoms with E-state index < -0.39 is 5.60 Å². The molecule has 1 aromatic carbocycles. The Bertz CT molecular complexity index is 888. The molecule has 2 aromatic rings. The van der Waals surface area contributed by atoms with Crippen LogP contribution in [0.15, 0.2) is 41.3 Å². The van der Waals surface area contributed by atoms with Crippen molar-refractivity contribution in [1.82, 2.24) is 9.88 Å². The third kappa shape index (κ3) is 4.70. The highest BCUT2D eigenvalue weighted by molar-refractivity contribution is 6.34. The topological polar surface area (TPSA) is 83.4 Å². The van der Waals surface area contributed by atoms with Gasteiger partial charge in [-0.1, -0.05) is 30.9 Å². The monoisotopic (exact) mass is 389 g/mol. The third-order valence-electron chi connectivity index (χ3n) is 4.98. The Hall–Kier alpha value is -2.31. The third-order valence-corrected chi connectivity index (χ3v) is 5.31. The smallest absolute Gasteiger partial charge is 0.273 e. The van der Waals surface area contributed by atoms with E-state index >= 15 is 0 Å². The van der Waals surface area contributed by atoms with Gasteiger partial charge in [0.15, 0.2) is 0 Å². The van der Waals surface area contributed by atoms with E-state index in [0.29, 0.717) is 34.8 Å². The first-order chi connectivity index (χ1) is 12.9. The van der Waals surface area contributed by atoms with Crippen LogP contribution < -0.4 is 16.2 Å². The SMILES string of the molecule is Cn1cccc(Nc2ccc(Cl)c(C(=O)NCC3(O)CCCCC3)c2)c1=O. The number of pyridine rings is 1. The number of amides is 1. The second-order valence-electron chi connectivity index (χ2n) is 7.13. The molecule has 0 aliphatic heterocycles. The van der Waals surface area contributed by atoms with Gasteiger partial charge >= 0.3 is 0 Å². The summed E-state index contributed by atoms with van der Waals surface area (Å²) in [6, 6.07) is 8.37. The molecule has 0 spiro atoms. The Labute approximate surface area is 163 Å². The van der Waals surface area contributed by atoms with Gasteiger partial charge < -0.3 is 20.3 Å². The Balaban J connectivity index is 1.73. The minimum atomic E-state index is -0.841. The van der Waals surface area contributed by atoms with E-state index in [1.165, 1.54) is 4.57 Å². The molecule has 1 aliphatic rings. The molecule has 6 nitrogen and oxygen atoms in total. The van der Waals surface area contributed by atoms with Gasteiger partial charge in [0.1, 0.15) is 5.69 Å². The summed E-state index contributed by atoms with van der Waals surface area (Å²) in [6.45, 7) is 0.207. The number of nitrogens with zero attached hydrogens (tertiary/aromatic N) is 1. The van der Waals surface area contributed by atoms with Gasteiger partial charge in [-0.25, -0.2) is 0 Å². The maximum absolute atomic E-state index is 12.6. The zero-order chi connectivity index (χ0) is 19.4. The van der Waals surface area contributed by atoms with Crippen LogP contribution in [0.2, 0.25) is 5.02 Å². The Morgan fingerprint density at radius 1 is 1.26 bits per heavy atom. The molecule has 7 heteroatoms. The normalized spacial score (nSPS) is 16.0. The number of nitrogens with one attached hydrogen (secondary N) is 2. The summed E-state index contributed by atoms with van der Waals surface area (Å²) in [5.74, 6) is -0.344. The summed E-state index contributed by atoms with van der Waals surface area (Å²) in [4.78, 5) is 24.7. The van der Waals surface area contributed by atoms with Crippen LogP contribution in [-0.2, 0) is 7.05 Å².